The molecule has 0 amide bonds. The lowest BCUT2D eigenvalue weighted by molar-refractivity contribution is -0.00830. The third kappa shape index (κ3) is 3.13. The summed E-state index contributed by atoms with van der Waals surface area (Å²) in [6.07, 6.45) is 11.2. The van der Waals surface area contributed by atoms with Crippen molar-refractivity contribution in [2.45, 2.75) is 26.6 Å². The minimum absolute atomic E-state index is 0.135. The first-order chi connectivity index (χ1) is 6.97. The van der Waals surface area contributed by atoms with E-state index < -0.39 is 0 Å². The molecule has 0 aromatic heterocycles. The Labute approximate surface area is 85.9 Å². The van der Waals surface area contributed by atoms with Crippen LogP contribution in [-0.4, -0.2) is 19.5 Å². The van der Waals surface area contributed by atoms with Crippen molar-refractivity contribution in [1.29, 1.82) is 0 Å². The van der Waals surface area contributed by atoms with E-state index >= 15 is 0 Å². The van der Waals surface area contributed by atoms with Crippen LogP contribution in [-0.2, 0) is 9.47 Å². The summed E-state index contributed by atoms with van der Waals surface area (Å²) in [5.41, 5.74) is 1.11. The van der Waals surface area contributed by atoms with E-state index in [2.05, 4.69) is 18.2 Å². The molecule has 0 aromatic carbocycles. The lowest BCUT2D eigenvalue weighted by Gasteiger charge is -2.08. The second-order valence-electron chi connectivity index (χ2n) is 2.81. The van der Waals surface area contributed by atoms with E-state index in [9.17, 15) is 0 Å². The Hall–Kier alpha value is -0.860. The van der Waals surface area contributed by atoms with E-state index in [0.29, 0.717) is 13.2 Å². The lowest BCUT2D eigenvalue weighted by Crippen LogP contribution is -2.09. The van der Waals surface area contributed by atoms with Crippen LogP contribution in [0.15, 0.2) is 36.0 Å². The van der Waals surface area contributed by atoms with Gasteiger partial charge >= 0.3 is 0 Å². The van der Waals surface area contributed by atoms with Crippen LogP contribution in [0.2, 0.25) is 0 Å². The highest BCUT2D eigenvalue weighted by atomic mass is 16.7. The molecule has 1 aliphatic heterocycles. The average molecular weight is 194 g/mol. The van der Waals surface area contributed by atoms with Gasteiger partial charge in [-0.15, -0.1) is 0 Å². The highest BCUT2D eigenvalue weighted by Gasteiger charge is 2.18. The Kier molecular flexibility index (Phi) is 5.27. The molecule has 2 aliphatic rings. The lowest BCUT2D eigenvalue weighted by atomic mass is 10.2. The Morgan fingerprint density at radius 1 is 1.14 bits per heavy atom. The smallest absolute Gasteiger partial charge is 0.184 e. The van der Waals surface area contributed by atoms with Crippen molar-refractivity contribution in [3.8, 4) is 0 Å². The zero-order valence-corrected chi connectivity index (χ0v) is 8.90. The van der Waals surface area contributed by atoms with E-state index in [1.54, 1.807) is 0 Å². The first-order valence-electron chi connectivity index (χ1n) is 5.23. The minimum atomic E-state index is -0.135. The van der Waals surface area contributed by atoms with Crippen LogP contribution in [0.5, 0.6) is 0 Å². The zero-order chi connectivity index (χ0) is 10.2. The Bertz CT molecular complexity index is 233. The van der Waals surface area contributed by atoms with Crippen LogP contribution in [0.1, 0.15) is 20.3 Å². The van der Waals surface area contributed by atoms with Crippen LogP contribution in [0.4, 0.5) is 0 Å². The van der Waals surface area contributed by atoms with Crippen molar-refractivity contribution in [2.24, 2.45) is 0 Å². The molecule has 0 atom stereocenters. The number of allylic oxidation sites excluding steroid dienone is 4. The summed E-state index contributed by atoms with van der Waals surface area (Å²) >= 11 is 0. The summed E-state index contributed by atoms with van der Waals surface area (Å²) in [6.45, 7) is 5.42. The maximum Gasteiger partial charge on any atom is 0.184 e. The first-order valence-corrected chi connectivity index (χ1v) is 5.23. The fourth-order valence-corrected chi connectivity index (χ4v) is 1.30. The van der Waals surface area contributed by atoms with Crippen molar-refractivity contribution in [3.05, 3.63) is 36.0 Å². The molecule has 14 heavy (non-hydrogen) atoms. The predicted molar refractivity (Wildman–Crippen MR) is 58.0 cm³/mol. The van der Waals surface area contributed by atoms with Crippen LogP contribution in [0, 0.1) is 0 Å². The van der Waals surface area contributed by atoms with Gasteiger partial charge < -0.3 is 9.47 Å². The topological polar surface area (TPSA) is 18.5 Å². The average Bonchev–Trinajstić information content (AvgIpc) is 2.64. The van der Waals surface area contributed by atoms with Gasteiger partial charge in [0.1, 0.15) is 0 Å². The van der Waals surface area contributed by atoms with Gasteiger partial charge in [0.2, 0.25) is 0 Å². The molecule has 2 rings (SSSR count). The molecular weight excluding hydrogens is 176 g/mol. The van der Waals surface area contributed by atoms with Crippen molar-refractivity contribution in [3.63, 3.8) is 0 Å². The number of hydrogen-bond acceptors (Lipinski definition) is 2. The van der Waals surface area contributed by atoms with E-state index in [4.69, 9.17) is 9.47 Å². The van der Waals surface area contributed by atoms with Gasteiger partial charge in [-0.25, -0.2) is 0 Å². The van der Waals surface area contributed by atoms with E-state index in [0.717, 1.165) is 12.0 Å². The minimum Gasteiger partial charge on any atom is -0.346 e. The first kappa shape index (κ1) is 11.2. The summed E-state index contributed by atoms with van der Waals surface area (Å²) in [7, 11) is 0. The monoisotopic (exact) mass is 194 g/mol. The highest BCUT2D eigenvalue weighted by Crippen LogP contribution is 2.17. The molecule has 1 fully saturated rings. The molecule has 0 aromatic rings. The van der Waals surface area contributed by atoms with E-state index in [1.165, 1.54) is 0 Å². The van der Waals surface area contributed by atoms with Crippen LogP contribution < -0.4 is 0 Å². The summed E-state index contributed by atoms with van der Waals surface area (Å²) < 4.78 is 10.7. The molecule has 0 N–H and O–H groups in total. The summed E-state index contributed by atoms with van der Waals surface area (Å²) in [5.74, 6) is 0. The number of hydrogen-bond donors (Lipinski definition) is 0. The third-order valence-electron chi connectivity index (χ3n) is 1.90. The zero-order valence-electron chi connectivity index (χ0n) is 8.90. The third-order valence-corrected chi connectivity index (χ3v) is 1.90. The molecule has 1 aliphatic carbocycles. The summed E-state index contributed by atoms with van der Waals surface area (Å²) in [6, 6.07) is 0. The van der Waals surface area contributed by atoms with Gasteiger partial charge in [-0.1, -0.05) is 44.2 Å². The van der Waals surface area contributed by atoms with Crippen molar-refractivity contribution in [2.75, 3.05) is 13.2 Å². The Morgan fingerprint density at radius 2 is 1.86 bits per heavy atom. The van der Waals surface area contributed by atoms with Crippen LogP contribution in [0.25, 0.3) is 0 Å². The normalized spacial score (nSPS) is 21.1. The highest BCUT2D eigenvalue weighted by molar-refractivity contribution is 5.29. The second-order valence-corrected chi connectivity index (χ2v) is 2.81. The second kappa shape index (κ2) is 6.57. The maximum atomic E-state index is 5.37. The van der Waals surface area contributed by atoms with Gasteiger partial charge in [0, 0.05) is 5.57 Å². The number of rotatable bonds is 1. The largest absolute Gasteiger partial charge is 0.346 e. The number of ether oxygens (including phenoxy) is 2. The summed E-state index contributed by atoms with van der Waals surface area (Å²) in [5, 5.41) is 0. The predicted octanol–water partition coefficient (Wildman–Crippen LogP) is 2.83. The molecule has 2 nitrogen and oxygen atoms in total. The van der Waals surface area contributed by atoms with Crippen LogP contribution in [0.3, 0.4) is 0 Å². The molecule has 78 valence electrons. The summed E-state index contributed by atoms with van der Waals surface area (Å²) in [4.78, 5) is 0. The van der Waals surface area contributed by atoms with Gasteiger partial charge in [-0.3, -0.25) is 0 Å². The fourth-order valence-electron chi connectivity index (χ4n) is 1.30. The molecule has 0 unspecified atom stereocenters. The molecule has 1 heterocycles. The van der Waals surface area contributed by atoms with Crippen molar-refractivity contribution >= 4 is 0 Å². The molecule has 0 spiro atoms. The van der Waals surface area contributed by atoms with Gasteiger partial charge in [0.05, 0.1) is 13.2 Å². The van der Waals surface area contributed by atoms with Crippen molar-refractivity contribution < 1.29 is 9.47 Å². The fraction of sp³-hybridized carbons (Fsp3) is 0.500. The van der Waals surface area contributed by atoms with Gasteiger partial charge in [0.25, 0.3) is 0 Å². The maximum absolute atomic E-state index is 5.37. The quantitative estimate of drug-likeness (QED) is 0.639. The molecule has 0 bridgehead atoms. The molecule has 2 heteroatoms. The van der Waals surface area contributed by atoms with Gasteiger partial charge in [0.15, 0.2) is 6.29 Å². The van der Waals surface area contributed by atoms with Crippen molar-refractivity contribution in [1.82, 2.24) is 0 Å². The Morgan fingerprint density at radius 3 is 2.57 bits per heavy atom. The van der Waals surface area contributed by atoms with Gasteiger partial charge in [-0.2, -0.15) is 0 Å². The van der Waals surface area contributed by atoms with E-state index in [1.807, 2.05) is 26.0 Å². The van der Waals surface area contributed by atoms with E-state index in [-0.39, 0.29) is 6.29 Å². The molecule has 1 saturated heterocycles. The SMILES string of the molecule is C1=CCC=CC(C2OCCO2)=C1.CC. The molecule has 0 radical (unpaired) electrons. The molecule has 0 saturated carbocycles. The van der Waals surface area contributed by atoms with Gasteiger partial charge in [-0.05, 0) is 6.42 Å². The Balaban J connectivity index is 0.000000461. The van der Waals surface area contributed by atoms with Crippen LogP contribution >= 0.6 is 0 Å². The standard InChI is InChI=1S/C10H12O2.C2H6/c1-2-4-6-9(5-3-1)10-11-7-8-12-10;1-2/h1,3-6,10H,2,7-8H2;1-2H3. The molecular formula is C12H18O2.